The number of anilines is 1. The molecule has 94 valence electrons. The molecule has 1 atom stereocenters. The van der Waals surface area contributed by atoms with Gasteiger partial charge in [0.1, 0.15) is 12.1 Å². The van der Waals surface area contributed by atoms with Crippen molar-refractivity contribution in [1.29, 1.82) is 0 Å². The van der Waals surface area contributed by atoms with Crippen molar-refractivity contribution >= 4 is 5.82 Å². The largest absolute Gasteiger partial charge is 0.478 e. The summed E-state index contributed by atoms with van der Waals surface area (Å²) in [4.78, 5) is 10.8. The third-order valence-corrected chi connectivity index (χ3v) is 3.21. The standard InChI is InChI=1S/C12H20N4O/c1-3-17-12-9(2)11(14-8-15-12)16-6-4-5-10(16)7-13/h8,10H,3-7,13H2,1-2H3. The van der Waals surface area contributed by atoms with Crippen LogP contribution in [0, 0.1) is 6.92 Å². The first kappa shape index (κ1) is 12.1. The zero-order valence-corrected chi connectivity index (χ0v) is 10.5. The Hall–Kier alpha value is -1.36. The van der Waals surface area contributed by atoms with Crippen LogP contribution >= 0.6 is 0 Å². The number of ether oxygens (including phenoxy) is 1. The van der Waals surface area contributed by atoms with E-state index in [9.17, 15) is 0 Å². The number of aromatic nitrogens is 2. The maximum Gasteiger partial charge on any atom is 0.221 e. The highest BCUT2D eigenvalue weighted by molar-refractivity contribution is 5.51. The summed E-state index contributed by atoms with van der Waals surface area (Å²) in [5.74, 6) is 1.65. The van der Waals surface area contributed by atoms with Crippen molar-refractivity contribution in [2.45, 2.75) is 32.7 Å². The van der Waals surface area contributed by atoms with Crippen molar-refractivity contribution < 1.29 is 4.74 Å². The normalized spacial score (nSPS) is 19.7. The van der Waals surface area contributed by atoms with E-state index in [1.165, 1.54) is 6.42 Å². The number of rotatable bonds is 4. The van der Waals surface area contributed by atoms with E-state index in [4.69, 9.17) is 10.5 Å². The molecule has 5 nitrogen and oxygen atoms in total. The molecule has 0 spiro atoms. The third kappa shape index (κ3) is 2.34. The van der Waals surface area contributed by atoms with E-state index in [-0.39, 0.29) is 0 Å². The van der Waals surface area contributed by atoms with Gasteiger partial charge in [-0.05, 0) is 26.7 Å². The van der Waals surface area contributed by atoms with Crippen LogP contribution in [-0.2, 0) is 0 Å². The Kier molecular flexibility index (Phi) is 3.78. The van der Waals surface area contributed by atoms with Gasteiger partial charge in [0.2, 0.25) is 5.88 Å². The van der Waals surface area contributed by atoms with Gasteiger partial charge in [0.05, 0.1) is 12.2 Å². The zero-order chi connectivity index (χ0) is 12.3. The van der Waals surface area contributed by atoms with Crippen LogP contribution in [0.2, 0.25) is 0 Å². The van der Waals surface area contributed by atoms with Crippen LogP contribution in [0.4, 0.5) is 5.82 Å². The van der Waals surface area contributed by atoms with E-state index in [1.54, 1.807) is 6.33 Å². The number of hydrogen-bond donors (Lipinski definition) is 1. The van der Waals surface area contributed by atoms with Gasteiger partial charge in [0.15, 0.2) is 0 Å². The quantitative estimate of drug-likeness (QED) is 0.848. The molecule has 0 aromatic carbocycles. The number of hydrogen-bond acceptors (Lipinski definition) is 5. The van der Waals surface area contributed by atoms with Crippen molar-refractivity contribution in [2.24, 2.45) is 5.73 Å². The van der Waals surface area contributed by atoms with Crippen LogP contribution in [0.15, 0.2) is 6.33 Å². The fourth-order valence-electron chi connectivity index (χ4n) is 2.36. The molecule has 0 saturated carbocycles. The molecular weight excluding hydrogens is 216 g/mol. The van der Waals surface area contributed by atoms with Gasteiger partial charge in [-0.15, -0.1) is 0 Å². The summed E-state index contributed by atoms with van der Waals surface area (Å²) in [5, 5.41) is 0. The molecule has 0 aliphatic carbocycles. The van der Waals surface area contributed by atoms with E-state index >= 15 is 0 Å². The van der Waals surface area contributed by atoms with Gasteiger partial charge in [-0.3, -0.25) is 0 Å². The molecule has 1 saturated heterocycles. The van der Waals surface area contributed by atoms with Crippen molar-refractivity contribution in [3.63, 3.8) is 0 Å². The third-order valence-electron chi connectivity index (χ3n) is 3.21. The first-order valence-corrected chi connectivity index (χ1v) is 6.19. The van der Waals surface area contributed by atoms with E-state index in [0.29, 0.717) is 25.1 Å². The van der Waals surface area contributed by atoms with Crippen LogP contribution in [0.3, 0.4) is 0 Å². The Morgan fingerprint density at radius 3 is 3.06 bits per heavy atom. The molecule has 1 aromatic rings. The van der Waals surface area contributed by atoms with Crippen molar-refractivity contribution in [3.8, 4) is 5.88 Å². The first-order valence-electron chi connectivity index (χ1n) is 6.19. The monoisotopic (exact) mass is 236 g/mol. The fraction of sp³-hybridized carbons (Fsp3) is 0.667. The minimum atomic E-state index is 0.401. The molecule has 1 fully saturated rings. The molecule has 1 aliphatic rings. The van der Waals surface area contributed by atoms with E-state index in [2.05, 4.69) is 14.9 Å². The Labute approximate surface area is 102 Å². The summed E-state index contributed by atoms with van der Waals surface area (Å²) in [7, 11) is 0. The molecule has 5 heteroatoms. The van der Waals surface area contributed by atoms with Gasteiger partial charge in [0.25, 0.3) is 0 Å². The van der Waals surface area contributed by atoms with Gasteiger partial charge in [-0.25, -0.2) is 9.97 Å². The average Bonchev–Trinajstić information content (AvgIpc) is 2.80. The highest BCUT2D eigenvalue weighted by Crippen LogP contribution is 2.29. The minimum Gasteiger partial charge on any atom is -0.478 e. The van der Waals surface area contributed by atoms with Crippen molar-refractivity contribution in [3.05, 3.63) is 11.9 Å². The second kappa shape index (κ2) is 5.31. The van der Waals surface area contributed by atoms with Crippen LogP contribution in [0.25, 0.3) is 0 Å². The van der Waals surface area contributed by atoms with Gasteiger partial charge < -0.3 is 15.4 Å². The molecule has 1 aliphatic heterocycles. The fourth-order valence-corrected chi connectivity index (χ4v) is 2.36. The number of nitrogens with zero attached hydrogens (tertiary/aromatic N) is 3. The molecular formula is C12H20N4O. The summed E-state index contributed by atoms with van der Waals surface area (Å²) in [6.45, 7) is 6.28. The minimum absolute atomic E-state index is 0.401. The summed E-state index contributed by atoms with van der Waals surface area (Å²) in [5.41, 5.74) is 6.80. The Bertz CT molecular complexity index is 383. The smallest absolute Gasteiger partial charge is 0.221 e. The van der Waals surface area contributed by atoms with Gasteiger partial charge in [-0.2, -0.15) is 0 Å². The molecule has 2 rings (SSSR count). The summed E-state index contributed by atoms with van der Waals surface area (Å²) in [6, 6.07) is 0.401. The van der Waals surface area contributed by atoms with E-state index < -0.39 is 0 Å². The van der Waals surface area contributed by atoms with Crippen LogP contribution < -0.4 is 15.4 Å². The molecule has 0 bridgehead atoms. The average molecular weight is 236 g/mol. The molecule has 1 aromatic heterocycles. The lowest BCUT2D eigenvalue weighted by molar-refractivity contribution is 0.323. The predicted molar refractivity (Wildman–Crippen MR) is 67.4 cm³/mol. The SMILES string of the molecule is CCOc1ncnc(N2CCCC2CN)c1C. The summed E-state index contributed by atoms with van der Waals surface area (Å²) < 4.78 is 5.50. The van der Waals surface area contributed by atoms with Crippen LogP contribution in [-0.4, -0.2) is 35.7 Å². The highest BCUT2D eigenvalue weighted by Gasteiger charge is 2.26. The summed E-state index contributed by atoms with van der Waals surface area (Å²) >= 11 is 0. The van der Waals surface area contributed by atoms with Gasteiger partial charge in [0, 0.05) is 19.1 Å². The predicted octanol–water partition coefficient (Wildman–Crippen LogP) is 1.11. The number of nitrogens with two attached hydrogens (primary N) is 1. The topological polar surface area (TPSA) is 64.3 Å². The zero-order valence-electron chi connectivity index (χ0n) is 10.5. The summed E-state index contributed by atoms with van der Waals surface area (Å²) in [6.07, 6.45) is 3.89. The second-order valence-electron chi connectivity index (χ2n) is 4.29. The molecule has 2 heterocycles. The molecule has 1 unspecified atom stereocenters. The second-order valence-corrected chi connectivity index (χ2v) is 4.29. The van der Waals surface area contributed by atoms with E-state index in [0.717, 1.165) is 24.3 Å². The Balaban J connectivity index is 2.28. The van der Waals surface area contributed by atoms with Gasteiger partial charge >= 0.3 is 0 Å². The van der Waals surface area contributed by atoms with Crippen molar-refractivity contribution in [2.75, 3.05) is 24.6 Å². The molecule has 0 amide bonds. The Morgan fingerprint density at radius 2 is 2.35 bits per heavy atom. The van der Waals surface area contributed by atoms with Crippen molar-refractivity contribution in [1.82, 2.24) is 9.97 Å². The molecule has 17 heavy (non-hydrogen) atoms. The van der Waals surface area contributed by atoms with E-state index in [1.807, 2.05) is 13.8 Å². The Morgan fingerprint density at radius 1 is 1.53 bits per heavy atom. The van der Waals surface area contributed by atoms with Crippen LogP contribution in [0.1, 0.15) is 25.3 Å². The maximum atomic E-state index is 5.79. The maximum absolute atomic E-state index is 5.79. The lowest BCUT2D eigenvalue weighted by Crippen LogP contribution is -2.36. The lowest BCUT2D eigenvalue weighted by Gasteiger charge is -2.26. The molecule has 2 N–H and O–H groups in total. The lowest BCUT2D eigenvalue weighted by atomic mass is 10.2. The first-order chi connectivity index (χ1) is 8.27. The highest BCUT2D eigenvalue weighted by atomic mass is 16.5. The van der Waals surface area contributed by atoms with Crippen LogP contribution in [0.5, 0.6) is 5.88 Å². The molecule has 0 radical (unpaired) electrons. The van der Waals surface area contributed by atoms with Gasteiger partial charge in [-0.1, -0.05) is 0 Å².